The highest BCUT2D eigenvalue weighted by atomic mass is 19.3. The topological polar surface area (TPSA) is 30.5 Å². The number of ether oxygens (including phenoxy) is 2. The van der Waals surface area contributed by atoms with Crippen LogP contribution in [0.25, 0.3) is 0 Å². The summed E-state index contributed by atoms with van der Waals surface area (Å²) in [5, 5.41) is 3.10. The van der Waals surface area contributed by atoms with Gasteiger partial charge in [-0.25, -0.2) is 0 Å². The zero-order chi connectivity index (χ0) is 12.8. The molecule has 1 fully saturated rings. The fourth-order valence-corrected chi connectivity index (χ4v) is 2.00. The molecule has 0 bridgehead atoms. The molecule has 100 valence electrons. The largest absolute Gasteiger partial charge is 0.433 e. The molecule has 5 heteroatoms. The van der Waals surface area contributed by atoms with Gasteiger partial charge in [-0.2, -0.15) is 8.78 Å². The molecule has 0 aromatic heterocycles. The molecule has 1 N–H and O–H groups in total. The summed E-state index contributed by atoms with van der Waals surface area (Å²) in [6, 6.07) is 6.69. The first-order valence-corrected chi connectivity index (χ1v) is 6.15. The lowest BCUT2D eigenvalue weighted by molar-refractivity contribution is -0.0494. The molecule has 1 saturated heterocycles. The number of nitrogens with one attached hydrogen (secondary N) is 1. The lowest BCUT2D eigenvalue weighted by Gasteiger charge is -2.23. The van der Waals surface area contributed by atoms with Crippen LogP contribution in [0.1, 0.15) is 19.3 Å². The van der Waals surface area contributed by atoms with Crippen LogP contribution in [-0.4, -0.2) is 25.9 Å². The highest BCUT2D eigenvalue weighted by molar-refractivity contribution is 5.56. The second-order valence-corrected chi connectivity index (χ2v) is 4.24. The zero-order valence-corrected chi connectivity index (χ0v) is 10.1. The van der Waals surface area contributed by atoms with E-state index in [-0.39, 0.29) is 11.9 Å². The minimum Gasteiger partial charge on any atom is -0.433 e. The molecule has 1 aromatic rings. The van der Waals surface area contributed by atoms with Crippen molar-refractivity contribution in [2.24, 2.45) is 0 Å². The lowest BCUT2D eigenvalue weighted by atomic mass is 10.1. The molecular weight excluding hydrogens is 240 g/mol. The van der Waals surface area contributed by atoms with Crippen molar-refractivity contribution in [1.82, 2.24) is 0 Å². The van der Waals surface area contributed by atoms with E-state index in [1.165, 1.54) is 6.07 Å². The van der Waals surface area contributed by atoms with Crippen molar-refractivity contribution in [2.75, 3.05) is 18.5 Å². The predicted molar refractivity (Wildman–Crippen MR) is 65.2 cm³/mol. The average molecular weight is 257 g/mol. The van der Waals surface area contributed by atoms with Gasteiger partial charge in [0.25, 0.3) is 0 Å². The fourth-order valence-electron chi connectivity index (χ4n) is 2.00. The van der Waals surface area contributed by atoms with Gasteiger partial charge in [-0.05, 0) is 31.4 Å². The Bertz CT molecular complexity index is 368. The second kappa shape index (κ2) is 6.54. The van der Waals surface area contributed by atoms with Crippen molar-refractivity contribution in [3.05, 3.63) is 24.3 Å². The molecule has 1 aromatic carbocycles. The van der Waals surface area contributed by atoms with Gasteiger partial charge in [0, 0.05) is 13.2 Å². The third-order valence-electron chi connectivity index (χ3n) is 2.90. The number of benzene rings is 1. The molecule has 0 aliphatic carbocycles. The first kappa shape index (κ1) is 13.1. The van der Waals surface area contributed by atoms with Gasteiger partial charge in [0.2, 0.25) is 0 Å². The number of hydrogen-bond acceptors (Lipinski definition) is 3. The highest BCUT2D eigenvalue weighted by Gasteiger charge is 2.15. The molecule has 2 rings (SSSR count). The number of para-hydroxylation sites is 2. The van der Waals surface area contributed by atoms with Gasteiger partial charge in [0.05, 0.1) is 11.8 Å². The third kappa shape index (κ3) is 3.84. The number of halogens is 2. The van der Waals surface area contributed by atoms with Crippen molar-refractivity contribution in [2.45, 2.75) is 32.0 Å². The minimum absolute atomic E-state index is 0.151. The van der Waals surface area contributed by atoms with Crippen LogP contribution in [0.2, 0.25) is 0 Å². The van der Waals surface area contributed by atoms with Crippen LogP contribution < -0.4 is 10.1 Å². The van der Waals surface area contributed by atoms with Crippen LogP contribution in [0, 0.1) is 0 Å². The van der Waals surface area contributed by atoms with Gasteiger partial charge < -0.3 is 14.8 Å². The van der Waals surface area contributed by atoms with E-state index in [2.05, 4.69) is 10.1 Å². The van der Waals surface area contributed by atoms with E-state index in [1.54, 1.807) is 18.2 Å². The molecule has 1 heterocycles. The maximum atomic E-state index is 12.2. The Balaban J connectivity index is 1.91. The summed E-state index contributed by atoms with van der Waals surface area (Å²) in [4.78, 5) is 0. The summed E-state index contributed by atoms with van der Waals surface area (Å²) in [5.41, 5.74) is 0.576. The summed E-state index contributed by atoms with van der Waals surface area (Å²) < 4.78 is 34.5. The van der Waals surface area contributed by atoms with E-state index >= 15 is 0 Å². The Hall–Kier alpha value is -1.36. The van der Waals surface area contributed by atoms with E-state index in [9.17, 15) is 8.78 Å². The van der Waals surface area contributed by atoms with E-state index in [4.69, 9.17) is 4.74 Å². The van der Waals surface area contributed by atoms with Gasteiger partial charge in [-0.15, -0.1) is 0 Å². The number of anilines is 1. The molecule has 1 unspecified atom stereocenters. The van der Waals surface area contributed by atoms with Crippen LogP contribution in [0.15, 0.2) is 24.3 Å². The second-order valence-electron chi connectivity index (χ2n) is 4.24. The Morgan fingerprint density at radius 2 is 2.17 bits per heavy atom. The molecule has 1 atom stereocenters. The van der Waals surface area contributed by atoms with Crippen molar-refractivity contribution < 1.29 is 18.3 Å². The highest BCUT2D eigenvalue weighted by Crippen LogP contribution is 2.26. The number of alkyl halides is 2. The Morgan fingerprint density at radius 3 is 2.89 bits per heavy atom. The van der Waals surface area contributed by atoms with Crippen molar-refractivity contribution in [3.8, 4) is 5.75 Å². The van der Waals surface area contributed by atoms with E-state index < -0.39 is 6.61 Å². The quantitative estimate of drug-likeness (QED) is 0.878. The normalized spacial score (nSPS) is 19.8. The Morgan fingerprint density at radius 1 is 1.33 bits per heavy atom. The summed E-state index contributed by atoms with van der Waals surface area (Å²) in [6.45, 7) is -1.41. The number of rotatable bonds is 5. The molecule has 3 nitrogen and oxygen atoms in total. The summed E-state index contributed by atoms with van der Waals surface area (Å²) in [7, 11) is 0. The number of hydrogen-bond donors (Lipinski definition) is 1. The molecule has 18 heavy (non-hydrogen) atoms. The minimum atomic E-state index is -2.81. The van der Waals surface area contributed by atoms with Gasteiger partial charge in [-0.3, -0.25) is 0 Å². The summed E-state index contributed by atoms with van der Waals surface area (Å²) in [5.74, 6) is 0.170. The van der Waals surface area contributed by atoms with Crippen LogP contribution in [0.5, 0.6) is 5.75 Å². The zero-order valence-electron chi connectivity index (χ0n) is 10.1. The van der Waals surface area contributed by atoms with Gasteiger partial charge >= 0.3 is 6.61 Å². The lowest BCUT2D eigenvalue weighted by Crippen LogP contribution is -2.27. The van der Waals surface area contributed by atoms with Crippen molar-refractivity contribution >= 4 is 5.69 Å². The van der Waals surface area contributed by atoms with E-state index in [0.717, 1.165) is 25.9 Å². The molecular formula is C13H17F2NO2. The molecule has 0 spiro atoms. The fraction of sp³-hybridized carbons (Fsp3) is 0.538. The monoisotopic (exact) mass is 257 g/mol. The van der Waals surface area contributed by atoms with Crippen molar-refractivity contribution in [3.63, 3.8) is 0 Å². The van der Waals surface area contributed by atoms with E-state index in [0.29, 0.717) is 12.2 Å². The molecule has 0 radical (unpaired) electrons. The maximum Gasteiger partial charge on any atom is 0.387 e. The smallest absolute Gasteiger partial charge is 0.387 e. The average Bonchev–Trinajstić information content (AvgIpc) is 2.38. The van der Waals surface area contributed by atoms with Crippen LogP contribution >= 0.6 is 0 Å². The van der Waals surface area contributed by atoms with Crippen LogP contribution in [0.3, 0.4) is 0 Å². The van der Waals surface area contributed by atoms with Gasteiger partial charge in [-0.1, -0.05) is 12.1 Å². The first-order chi connectivity index (χ1) is 8.75. The first-order valence-electron chi connectivity index (χ1n) is 6.15. The molecule has 0 amide bonds. The van der Waals surface area contributed by atoms with Crippen LogP contribution in [0.4, 0.5) is 14.5 Å². The SMILES string of the molecule is FC(F)Oc1ccccc1NCC1CCCCO1. The van der Waals surface area contributed by atoms with E-state index in [1.807, 2.05) is 0 Å². The molecule has 0 saturated carbocycles. The Labute approximate surface area is 105 Å². The maximum absolute atomic E-state index is 12.2. The predicted octanol–water partition coefficient (Wildman–Crippen LogP) is 3.27. The molecule has 1 aliphatic heterocycles. The van der Waals surface area contributed by atoms with Gasteiger partial charge in [0.15, 0.2) is 0 Å². The standard InChI is InChI=1S/C13H17F2NO2/c14-13(15)18-12-7-2-1-6-11(12)16-9-10-5-3-4-8-17-10/h1-2,6-7,10,13,16H,3-5,8-9H2. The summed E-state index contributed by atoms with van der Waals surface area (Å²) in [6.07, 6.45) is 3.41. The van der Waals surface area contributed by atoms with Crippen molar-refractivity contribution in [1.29, 1.82) is 0 Å². The summed E-state index contributed by atoms with van der Waals surface area (Å²) >= 11 is 0. The molecule has 1 aliphatic rings. The third-order valence-corrected chi connectivity index (χ3v) is 2.90. The van der Waals surface area contributed by atoms with Crippen LogP contribution in [-0.2, 0) is 4.74 Å². The Kier molecular flexibility index (Phi) is 4.75. The van der Waals surface area contributed by atoms with Gasteiger partial charge in [0.1, 0.15) is 5.75 Å².